The molecular weight excluding hydrogens is 279 g/mol. The number of carboxylic acid groups (broad SMARTS) is 1. The molecule has 0 bridgehead atoms. The van der Waals surface area contributed by atoms with Gasteiger partial charge in [-0.25, -0.2) is 18.0 Å². The third kappa shape index (κ3) is 1.67. The van der Waals surface area contributed by atoms with Crippen molar-refractivity contribution in [3.63, 3.8) is 0 Å². The van der Waals surface area contributed by atoms with Crippen molar-refractivity contribution < 1.29 is 23.1 Å². The van der Waals surface area contributed by atoms with Gasteiger partial charge in [0, 0.05) is 13.2 Å². The second-order valence-electron chi connectivity index (χ2n) is 3.85. The molecule has 0 aliphatic heterocycles. The highest BCUT2D eigenvalue weighted by atomic mass is 19.2. The first-order valence-electron chi connectivity index (χ1n) is 5.23. The first-order chi connectivity index (χ1) is 9.31. The van der Waals surface area contributed by atoms with Crippen LogP contribution in [-0.4, -0.2) is 22.8 Å². The lowest BCUT2D eigenvalue weighted by molar-refractivity contribution is 0.0695. The van der Waals surface area contributed by atoms with Gasteiger partial charge >= 0.3 is 5.97 Å². The van der Waals surface area contributed by atoms with Crippen molar-refractivity contribution in [1.29, 1.82) is 0 Å². The Morgan fingerprint density at radius 3 is 2.40 bits per heavy atom. The number of pyridine rings is 1. The molecule has 0 aliphatic carbocycles. The maximum atomic E-state index is 13.8. The fourth-order valence-electron chi connectivity index (χ4n) is 1.84. The summed E-state index contributed by atoms with van der Waals surface area (Å²) in [6.07, 6.45) is 0.757. The Kier molecular flexibility index (Phi) is 3.04. The van der Waals surface area contributed by atoms with Crippen LogP contribution in [0.25, 0.3) is 10.9 Å². The second kappa shape index (κ2) is 4.44. The van der Waals surface area contributed by atoms with Crippen LogP contribution in [0.4, 0.5) is 18.9 Å². The summed E-state index contributed by atoms with van der Waals surface area (Å²) in [4.78, 5) is 22.9. The van der Waals surface area contributed by atoms with Crippen molar-refractivity contribution in [2.24, 2.45) is 0 Å². The van der Waals surface area contributed by atoms with Crippen molar-refractivity contribution in [1.82, 2.24) is 4.68 Å². The number of carboxylic acids is 1. The second-order valence-corrected chi connectivity index (χ2v) is 3.85. The summed E-state index contributed by atoms with van der Waals surface area (Å²) in [5, 5.41) is 8.15. The van der Waals surface area contributed by atoms with Gasteiger partial charge in [-0.1, -0.05) is 0 Å². The number of aromatic nitrogens is 1. The molecule has 0 unspecified atom stereocenters. The number of nitrogens with one attached hydrogen (secondary N) is 1. The molecule has 0 spiro atoms. The smallest absolute Gasteiger partial charge is 0.341 e. The van der Waals surface area contributed by atoms with Gasteiger partial charge in [0.15, 0.2) is 17.5 Å². The van der Waals surface area contributed by atoms with Gasteiger partial charge in [-0.3, -0.25) is 9.47 Å². The van der Waals surface area contributed by atoms with E-state index in [-0.39, 0.29) is 0 Å². The molecular formula is C11H8F3N3O3. The molecule has 0 saturated heterocycles. The molecule has 106 valence electrons. The molecule has 6 nitrogen and oxygen atoms in total. The van der Waals surface area contributed by atoms with Crippen LogP contribution in [0.3, 0.4) is 0 Å². The molecule has 1 aromatic heterocycles. The molecule has 2 rings (SSSR count). The van der Waals surface area contributed by atoms with Crippen LogP contribution in [-0.2, 0) is 0 Å². The van der Waals surface area contributed by atoms with Crippen LogP contribution in [0, 0.1) is 17.5 Å². The van der Waals surface area contributed by atoms with E-state index < -0.39 is 51.0 Å². The number of nitrogens with zero attached hydrogens (tertiary/aromatic N) is 1. The average molecular weight is 287 g/mol. The third-order valence-electron chi connectivity index (χ3n) is 2.78. The van der Waals surface area contributed by atoms with E-state index in [2.05, 4.69) is 5.43 Å². The Bertz CT molecular complexity index is 801. The van der Waals surface area contributed by atoms with Crippen molar-refractivity contribution in [3.8, 4) is 0 Å². The summed E-state index contributed by atoms with van der Waals surface area (Å²) < 4.78 is 41.3. The van der Waals surface area contributed by atoms with E-state index >= 15 is 0 Å². The highest BCUT2D eigenvalue weighted by Gasteiger charge is 2.25. The monoisotopic (exact) mass is 287 g/mol. The molecule has 20 heavy (non-hydrogen) atoms. The quantitative estimate of drug-likeness (QED) is 0.562. The summed E-state index contributed by atoms with van der Waals surface area (Å²) in [6.45, 7) is 0. The predicted octanol–water partition coefficient (Wildman–Crippen LogP) is 0.872. The first-order valence-corrected chi connectivity index (χ1v) is 5.23. The lowest BCUT2D eigenvalue weighted by Gasteiger charge is -2.14. The maximum absolute atomic E-state index is 13.8. The molecule has 0 aliphatic rings. The van der Waals surface area contributed by atoms with Crippen molar-refractivity contribution in [2.75, 3.05) is 18.2 Å². The number of hydrogen-bond donors (Lipinski definition) is 3. The van der Waals surface area contributed by atoms with Gasteiger partial charge in [-0.2, -0.15) is 0 Å². The number of nitrogens with two attached hydrogens (primary N) is 1. The van der Waals surface area contributed by atoms with E-state index in [4.69, 9.17) is 10.8 Å². The van der Waals surface area contributed by atoms with E-state index in [1.54, 1.807) is 0 Å². The van der Waals surface area contributed by atoms with E-state index in [9.17, 15) is 22.8 Å². The van der Waals surface area contributed by atoms with Gasteiger partial charge in [0.2, 0.25) is 5.43 Å². The standard InChI is InChI=1S/C11H8F3N3O3/c1-16-17-2-3(11(19)20)10(18)4-8(15)6(13)5(12)7(14)9(4)17/h2,16H,15H2,1H3,(H,19,20). The number of nitrogen functional groups attached to an aromatic ring is 1. The maximum Gasteiger partial charge on any atom is 0.341 e. The average Bonchev–Trinajstić information content (AvgIpc) is 2.41. The van der Waals surface area contributed by atoms with Crippen molar-refractivity contribution in [2.45, 2.75) is 0 Å². The zero-order valence-corrected chi connectivity index (χ0v) is 10.00. The topological polar surface area (TPSA) is 97.4 Å². The molecule has 1 heterocycles. The third-order valence-corrected chi connectivity index (χ3v) is 2.78. The zero-order chi connectivity index (χ0) is 15.2. The van der Waals surface area contributed by atoms with Crippen molar-refractivity contribution >= 4 is 22.6 Å². The number of halogens is 3. The molecule has 0 fully saturated rings. The minimum absolute atomic E-state index is 0.668. The summed E-state index contributed by atoms with van der Waals surface area (Å²) in [5.41, 5.74) is 4.03. The molecule has 1 aromatic carbocycles. The van der Waals surface area contributed by atoms with Gasteiger partial charge in [0.25, 0.3) is 0 Å². The van der Waals surface area contributed by atoms with E-state index in [1.807, 2.05) is 0 Å². The fraction of sp³-hybridized carbons (Fsp3) is 0.0909. The Morgan fingerprint density at radius 2 is 1.90 bits per heavy atom. The molecule has 4 N–H and O–H groups in total. The lowest BCUT2D eigenvalue weighted by Crippen LogP contribution is -2.24. The molecule has 0 atom stereocenters. The largest absolute Gasteiger partial charge is 0.477 e. The lowest BCUT2D eigenvalue weighted by atomic mass is 10.1. The van der Waals surface area contributed by atoms with Gasteiger partial charge in [-0.05, 0) is 0 Å². The van der Waals surface area contributed by atoms with Crippen LogP contribution >= 0.6 is 0 Å². The van der Waals surface area contributed by atoms with Crippen LogP contribution in [0.2, 0.25) is 0 Å². The Labute approximate surface area is 109 Å². The van der Waals surface area contributed by atoms with Gasteiger partial charge < -0.3 is 16.3 Å². The number of rotatable bonds is 2. The minimum Gasteiger partial charge on any atom is -0.477 e. The van der Waals surface area contributed by atoms with E-state index in [1.165, 1.54) is 7.05 Å². The molecule has 0 saturated carbocycles. The first kappa shape index (κ1) is 13.7. The molecule has 0 radical (unpaired) electrons. The summed E-state index contributed by atoms with van der Waals surface area (Å²) >= 11 is 0. The number of anilines is 1. The van der Waals surface area contributed by atoms with Gasteiger partial charge in [-0.15, -0.1) is 0 Å². The Morgan fingerprint density at radius 1 is 1.30 bits per heavy atom. The highest BCUT2D eigenvalue weighted by Crippen LogP contribution is 2.27. The number of benzene rings is 1. The minimum atomic E-state index is -1.85. The zero-order valence-electron chi connectivity index (χ0n) is 10.00. The van der Waals surface area contributed by atoms with Gasteiger partial charge in [0.05, 0.1) is 11.1 Å². The van der Waals surface area contributed by atoms with Crippen LogP contribution in [0.1, 0.15) is 10.4 Å². The Balaban J connectivity index is 3.18. The summed E-state index contributed by atoms with van der Waals surface area (Å²) in [5.74, 6) is -6.83. The SMILES string of the molecule is CNn1cc(C(=O)O)c(=O)c2c(N)c(F)c(F)c(F)c21. The number of hydrogen-bond acceptors (Lipinski definition) is 4. The molecule has 9 heteroatoms. The summed E-state index contributed by atoms with van der Waals surface area (Å²) in [7, 11) is 1.27. The number of fused-ring (bicyclic) bond motifs is 1. The highest BCUT2D eigenvalue weighted by molar-refractivity contribution is 5.97. The van der Waals surface area contributed by atoms with E-state index in [0.717, 1.165) is 10.9 Å². The van der Waals surface area contributed by atoms with E-state index in [0.29, 0.717) is 0 Å². The predicted molar refractivity (Wildman–Crippen MR) is 64.7 cm³/mol. The molecule has 2 aromatic rings. The Hall–Kier alpha value is -2.71. The van der Waals surface area contributed by atoms with Gasteiger partial charge in [0.1, 0.15) is 11.1 Å². The fourth-order valence-corrected chi connectivity index (χ4v) is 1.84. The van der Waals surface area contributed by atoms with Crippen molar-refractivity contribution in [3.05, 3.63) is 39.4 Å². The van der Waals surface area contributed by atoms with Crippen LogP contribution in [0.15, 0.2) is 11.0 Å². The summed E-state index contributed by atoms with van der Waals surface area (Å²) in [6, 6.07) is 0. The normalized spacial score (nSPS) is 10.8. The van der Waals surface area contributed by atoms with Crippen LogP contribution < -0.4 is 16.6 Å². The van der Waals surface area contributed by atoms with Crippen LogP contribution in [0.5, 0.6) is 0 Å². The number of aromatic carboxylic acids is 1. The molecule has 0 amide bonds. The number of carbonyl (C=O) groups is 1.